The zero-order valence-electron chi connectivity index (χ0n) is 14.5. The van der Waals surface area contributed by atoms with Gasteiger partial charge in [-0.1, -0.05) is 48.5 Å². The molecular weight excluding hydrogens is 349 g/mol. The minimum atomic E-state index is -2.06. The van der Waals surface area contributed by atoms with Crippen molar-refractivity contribution in [3.63, 3.8) is 0 Å². The van der Waals surface area contributed by atoms with Crippen molar-refractivity contribution in [2.45, 2.75) is 18.6 Å². The van der Waals surface area contributed by atoms with Gasteiger partial charge < -0.3 is 29.5 Å². The van der Waals surface area contributed by atoms with Crippen molar-refractivity contribution in [3.8, 4) is 0 Å². The number of benzene rings is 2. The molecule has 3 rings (SSSR count). The van der Waals surface area contributed by atoms with E-state index in [9.17, 15) is 19.9 Å². The number of amides is 1. The van der Waals surface area contributed by atoms with Gasteiger partial charge in [0.1, 0.15) is 11.8 Å². The number of carbonyl (C=O) groups is 1. The molecule has 0 saturated carbocycles. The summed E-state index contributed by atoms with van der Waals surface area (Å²) in [5.41, 5.74) is 2.08. The number of hydrogen-bond acceptors (Lipinski definition) is 6. The zero-order valence-corrected chi connectivity index (χ0v) is 14.5. The fourth-order valence-corrected chi connectivity index (χ4v) is 2.95. The Morgan fingerprint density at radius 2 is 1.81 bits per heavy atom. The molecule has 3 aromatic rings. The molecular formula is C19H20BNO6. The number of rotatable bonds is 8. The fourth-order valence-electron chi connectivity index (χ4n) is 2.95. The molecule has 0 aliphatic rings. The molecule has 0 fully saturated rings. The molecule has 1 heterocycles. The summed E-state index contributed by atoms with van der Waals surface area (Å²) >= 11 is 0. The molecule has 0 aliphatic carbocycles. The maximum absolute atomic E-state index is 12.6. The first-order chi connectivity index (χ1) is 13.1. The van der Waals surface area contributed by atoms with Crippen LogP contribution in [0.4, 0.5) is 0 Å². The summed E-state index contributed by atoms with van der Waals surface area (Å²) in [6.45, 7) is -0.390. The first-order valence-corrected chi connectivity index (χ1v) is 8.51. The van der Waals surface area contributed by atoms with E-state index in [0.29, 0.717) is 11.1 Å². The van der Waals surface area contributed by atoms with Crippen LogP contribution >= 0.6 is 0 Å². The highest BCUT2D eigenvalue weighted by molar-refractivity contribution is 6.32. The number of furan rings is 1. The summed E-state index contributed by atoms with van der Waals surface area (Å²) in [4.78, 5) is 12.6. The van der Waals surface area contributed by atoms with Crippen LogP contribution in [0.25, 0.3) is 11.0 Å². The highest BCUT2D eigenvalue weighted by Crippen LogP contribution is 2.23. The summed E-state index contributed by atoms with van der Waals surface area (Å²) < 4.78 is 10.5. The van der Waals surface area contributed by atoms with Crippen LogP contribution < -0.4 is 5.32 Å². The first kappa shape index (κ1) is 19.1. The SMILES string of the molecule is O=C(N[C@H](Cc1coc2ccccc12)OB(O)O)[C@H](CO)c1ccccc1. The van der Waals surface area contributed by atoms with Gasteiger partial charge in [0.25, 0.3) is 0 Å². The molecule has 4 N–H and O–H groups in total. The van der Waals surface area contributed by atoms with E-state index >= 15 is 0 Å². The van der Waals surface area contributed by atoms with Crippen molar-refractivity contribution < 1.29 is 29.0 Å². The molecule has 0 unspecified atom stereocenters. The van der Waals surface area contributed by atoms with Crippen molar-refractivity contribution >= 4 is 24.2 Å². The van der Waals surface area contributed by atoms with Crippen LogP contribution in [0.3, 0.4) is 0 Å². The van der Waals surface area contributed by atoms with Gasteiger partial charge in [-0.05, 0) is 11.6 Å². The van der Waals surface area contributed by atoms with E-state index in [1.807, 2.05) is 30.3 Å². The molecule has 140 valence electrons. The number of aliphatic hydroxyl groups is 1. The van der Waals surface area contributed by atoms with E-state index < -0.39 is 25.4 Å². The molecule has 0 saturated heterocycles. The van der Waals surface area contributed by atoms with E-state index in [4.69, 9.17) is 9.07 Å². The smallest absolute Gasteiger partial charge is 0.464 e. The van der Waals surface area contributed by atoms with Gasteiger partial charge in [-0.25, -0.2) is 0 Å². The lowest BCUT2D eigenvalue weighted by Gasteiger charge is -2.22. The number of nitrogens with one attached hydrogen (secondary N) is 1. The predicted molar refractivity (Wildman–Crippen MR) is 99.4 cm³/mol. The van der Waals surface area contributed by atoms with Gasteiger partial charge in [0.05, 0.1) is 18.8 Å². The van der Waals surface area contributed by atoms with Gasteiger partial charge in [-0.15, -0.1) is 0 Å². The van der Waals surface area contributed by atoms with E-state index in [-0.39, 0.29) is 13.0 Å². The Kier molecular flexibility index (Phi) is 6.26. The quantitative estimate of drug-likeness (QED) is 0.351. The average molecular weight is 369 g/mol. The van der Waals surface area contributed by atoms with Crippen molar-refractivity contribution in [1.29, 1.82) is 0 Å². The Hall–Kier alpha value is -2.65. The van der Waals surface area contributed by atoms with Crippen molar-refractivity contribution in [3.05, 3.63) is 72.0 Å². The molecule has 1 aromatic heterocycles. The van der Waals surface area contributed by atoms with Gasteiger partial charge in [-0.3, -0.25) is 4.79 Å². The van der Waals surface area contributed by atoms with Crippen LogP contribution in [0.5, 0.6) is 0 Å². The third kappa shape index (κ3) is 4.75. The standard InChI is InChI=1S/C19H20BNO6/c22-11-16(13-6-2-1-3-7-13)19(23)21-18(27-20(24)25)10-14-12-26-17-9-5-4-8-15(14)17/h1-9,12,16,18,22,24-25H,10-11H2,(H,21,23)/t16-,18+/m1/s1. The van der Waals surface area contributed by atoms with Crippen LogP contribution in [0.2, 0.25) is 0 Å². The summed E-state index contributed by atoms with van der Waals surface area (Å²) in [6.07, 6.45) is 0.682. The molecule has 0 aliphatic heterocycles. The number of para-hydroxylation sites is 1. The molecule has 2 aromatic carbocycles. The minimum absolute atomic E-state index is 0.160. The Balaban J connectivity index is 1.77. The van der Waals surface area contributed by atoms with Crippen LogP contribution in [-0.4, -0.2) is 41.2 Å². The van der Waals surface area contributed by atoms with E-state index in [1.165, 1.54) is 6.26 Å². The number of aliphatic hydroxyl groups excluding tert-OH is 1. The average Bonchev–Trinajstić information content (AvgIpc) is 3.06. The van der Waals surface area contributed by atoms with Crippen LogP contribution in [0.1, 0.15) is 17.0 Å². The van der Waals surface area contributed by atoms with Gasteiger partial charge in [0.15, 0.2) is 0 Å². The highest BCUT2D eigenvalue weighted by atomic mass is 16.6. The second-order valence-electron chi connectivity index (χ2n) is 6.07. The van der Waals surface area contributed by atoms with Gasteiger partial charge in [0, 0.05) is 17.4 Å². The van der Waals surface area contributed by atoms with E-state index in [1.54, 1.807) is 24.3 Å². The molecule has 1 amide bonds. The summed E-state index contributed by atoms with van der Waals surface area (Å²) in [6, 6.07) is 16.2. The summed E-state index contributed by atoms with van der Waals surface area (Å²) in [5, 5.41) is 31.5. The molecule has 0 radical (unpaired) electrons. The van der Waals surface area contributed by atoms with Crippen molar-refractivity contribution in [2.24, 2.45) is 0 Å². The fraction of sp³-hybridized carbons (Fsp3) is 0.211. The molecule has 2 atom stereocenters. The van der Waals surface area contributed by atoms with Gasteiger partial charge in [-0.2, -0.15) is 0 Å². The lowest BCUT2D eigenvalue weighted by Crippen LogP contribution is -2.44. The second kappa shape index (κ2) is 8.83. The van der Waals surface area contributed by atoms with E-state index in [2.05, 4.69) is 5.32 Å². The van der Waals surface area contributed by atoms with Crippen molar-refractivity contribution in [1.82, 2.24) is 5.32 Å². The predicted octanol–water partition coefficient (Wildman–Crippen LogP) is 1.18. The highest BCUT2D eigenvalue weighted by Gasteiger charge is 2.26. The number of hydrogen-bond donors (Lipinski definition) is 4. The topological polar surface area (TPSA) is 112 Å². The second-order valence-corrected chi connectivity index (χ2v) is 6.07. The lowest BCUT2D eigenvalue weighted by atomic mass is 9.99. The Labute approximate surface area is 156 Å². The first-order valence-electron chi connectivity index (χ1n) is 8.51. The van der Waals surface area contributed by atoms with Crippen LogP contribution in [0.15, 0.2) is 65.3 Å². The molecule has 27 heavy (non-hydrogen) atoms. The van der Waals surface area contributed by atoms with E-state index in [0.717, 1.165) is 10.9 Å². The largest absolute Gasteiger partial charge is 0.635 e. The lowest BCUT2D eigenvalue weighted by molar-refractivity contribution is -0.126. The Bertz CT molecular complexity index is 882. The summed E-state index contributed by atoms with van der Waals surface area (Å²) in [7, 11) is -2.06. The Morgan fingerprint density at radius 3 is 2.52 bits per heavy atom. The Morgan fingerprint density at radius 1 is 1.11 bits per heavy atom. The van der Waals surface area contributed by atoms with Crippen molar-refractivity contribution in [2.75, 3.05) is 6.61 Å². The molecule has 8 heteroatoms. The normalized spacial score (nSPS) is 13.3. The third-order valence-corrected chi connectivity index (χ3v) is 4.26. The van der Waals surface area contributed by atoms with Crippen LogP contribution in [-0.2, 0) is 15.9 Å². The maximum Gasteiger partial charge on any atom is 0.635 e. The monoisotopic (exact) mass is 369 g/mol. The number of fused-ring (bicyclic) bond motifs is 1. The van der Waals surface area contributed by atoms with Crippen LogP contribution in [0, 0.1) is 0 Å². The van der Waals surface area contributed by atoms with Gasteiger partial charge in [0.2, 0.25) is 5.91 Å². The maximum atomic E-state index is 12.6. The number of carbonyl (C=O) groups excluding carboxylic acids is 1. The van der Waals surface area contributed by atoms with Gasteiger partial charge >= 0.3 is 7.32 Å². The molecule has 7 nitrogen and oxygen atoms in total. The molecule has 0 bridgehead atoms. The third-order valence-electron chi connectivity index (χ3n) is 4.26. The summed E-state index contributed by atoms with van der Waals surface area (Å²) in [5.74, 6) is -1.28. The minimum Gasteiger partial charge on any atom is -0.464 e. The zero-order chi connectivity index (χ0) is 19.2. The molecule has 0 spiro atoms.